The quantitative estimate of drug-likeness (QED) is 0.702. The van der Waals surface area contributed by atoms with Crippen LogP contribution in [0.3, 0.4) is 0 Å². The van der Waals surface area contributed by atoms with Crippen molar-refractivity contribution < 1.29 is 4.79 Å². The van der Waals surface area contributed by atoms with Crippen LogP contribution in [0.25, 0.3) is 11.1 Å². The number of rotatable bonds is 2. The predicted octanol–water partition coefficient (Wildman–Crippen LogP) is 4.11. The molecule has 1 aromatic carbocycles. The maximum atomic E-state index is 13.2. The molecule has 0 bridgehead atoms. The molecule has 3 heterocycles. The highest BCUT2D eigenvalue weighted by molar-refractivity contribution is 6.13. The van der Waals surface area contributed by atoms with Crippen molar-refractivity contribution in [3.05, 3.63) is 66.0 Å². The molecule has 0 spiro atoms. The van der Waals surface area contributed by atoms with Gasteiger partial charge < -0.3 is 0 Å². The number of hydrogen-bond acceptors (Lipinski definition) is 4. The predicted molar refractivity (Wildman–Crippen MR) is 101 cm³/mol. The van der Waals surface area contributed by atoms with Crippen LogP contribution < -0.4 is 4.90 Å². The van der Waals surface area contributed by atoms with Gasteiger partial charge in [0.2, 0.25) is 5.91 Å². The third-order valence-electron chi connectivity index (χ3n) is 5.00. The molecule has 3 aromatic rings. The summed E-state index contributed by atoms with van der Waals surface area (Å²) in [5, 5.41) is 0. The van der Waals surface area contributed by atoms with E-state index in [2.05, 4.69) is 21.0 Å². The van der Waals surface area contributed by atoms with Gasteiger partial charge in [-0.05, 0) is 56.5 Å². The molecule has 130 valence electrons. The van der Waals surface area contributed by atoms with Gasteiger partial charge in [0, 0.05) is 30.4 Å². The van der Waals surface area contributed by atoms with Crippen LogP contribution in [0.1, 0.15) is 30.8 Å². The molecule has 2 aromatic heterocycles. The van der Waals surface area contributed by atoms with Gasteiger partial charge in [0.05, 0.1) is 16.8 Å². The van der Waals surface area contributed by atoms with E-state index in [1.165, 1.54) is 0 Å². The number of amides is 1. The lowest BCUT2D eigenvalue weighted by molar-refractivity contribution is -0.121. The standard InChI is InChI=1S/C21H20N4O/c1-13-10-22-8-7-18(13)25-19-9-15(16-11-23-14(2)24-12-16)5-6-17(19)21(3,4)20(25)26/h5-12H,1-4H3. The van der Waals surface area contributed by atoms with Gasteiger partial charge in [0.15, 0.2) is 0 Å². The Kier molecular flexibility index (Phi) is 3.61. The second-order valence-corrected chi connectivity index (χ2v) is 7.18. The number of anilines is 2. The van der Waals surface area contributed by atoms with Gasteiger partial charge >= 0.3 is 0 Å². The third-order valence-corrected chi connectivity index (χ3v) is 5.00. The van der Waals surface area contributed by atoms with Gasteiger partial charge in [-0.25, -0.2) is 9.97 Å². The van der Waals surface area contributed by atoms with Crippen molar-refractivity contribution in [1.82, 2.24) is 15.0 Å². The number of hydrogen-bond donors (Lipinski definition) is 0. The Morgan fingerprint density at radius 1 is 0.923 bits per heavy atom. The van der Waals surface area contributed by atoms with Crippen molar-refractivity contribution in [2.45, 2.75) is 33.1 Å². The van der Waals surface area contributed by atoms with Gasteiger partial charge in [0.1, 0.15) is 5.82 Å². The Labute approximate surface area is 152 Å². The molecule has 0 aliphatic carbocycles. The molecule has 0 unspecified atom stereocenters. The Morgan fingerprint density at radius 2 is 1.65 bits per heavy atom. The molecule has 0 N–H and O–H groups in total. The summed E-state index contributed by atoms with van der Waals surface area (Å²) < 4.78 is 0. The first kappa shape index (κ1) is 16.4. The molecule has 0 saturated carbocycles. The molecular formula is C21H20N4O. The lowest BCUT2D eigenvalue weighted by Gasteiger charge is -2.22. The summed E-state index contributed by atoms with van der Waals surface area (Å²) in [4.78, 5) is 27.7. The van der Waals surface area contributed by atoms with E-state index in [1.807, 2.05) is 63.2 Å². The topological polar surface area (TPSA) is 59.0 Å². The lowest BCUT2D eigenvalue weighted by Crippen LogP contribution is -2.33. The van der Waals surface area contributed by atoms with E-state index in [-0.39, 0.29) is 5.91 Å². The Bertz CT molecular complexity index is 1010. The van der Waals surface area contributed by atoms with Crippen molar-refractivity contribution in [1.29, 1.82) is 0 Å². The molecular weight excluding hydrogens is 324 g/mol. The van der Waals surface area contributed by atoms with Crippen LogP contribution in [0.2, 0.25) is 0 Å². The molecule has 0 fully saturated rings. The number of carbonyl (C=O) groups excluding carboxylic acids is 1. The highest BCUT2D eigenvalue weighted by Crippen LogP contribution is 2.47. The average Bonchev–Trinajstić information content (AvgIpc) is 2.82. The number of aromatic nitrogens is 3. The summed E-state index contributed by atoms with van der Waals surface area (Å²) in [5.41, 5.74) is 5.12. The fraction of sp³-hybridized carbons (Fsp3) is 0.238. The molecule has 0 radical (unpaired) electrons. The first-order chi connectivity index (χ1) is 12.4. The highest BCUT2D eigenvalue weighted by Gasteiger charge is 2.44. The minimum absolute atomic E-state index is 0.0686. The van der Waals surface area contributed by atoms with Gasteiger partial charge in [-0.3, -0.25) is 14.7 Å². The molecule has 5 heteroatoms. The van der Waals surface area contributed by atoms with E-state index < -0.39 is 5.41 Å². The number of aryl methyl sites for hydroxylation is 2. The molecule has 26 heavy (non-hydrogen) atoms. The van der Waals surface area contributed by atoms with E-state index in [0.29, 0.717) is 0 Å². The zero-order valence-electron chi connectivity index (χ0n) is 15.3. The molecule has 1 aliphatic rings. The number of benzene rings is 1. The van der Waals surface area contributed by atoms with Crippen molar-refractivity contribution in [3.63, 3.8) is 0 Å². The summed E-state index contributed by atoms with van der Waals surface area (Å²) in [6.45, 7) is 7.78. The molecule has 1 aliphatic heterocycles. The smallest absolute Gasteiger partial charge is 0.241 e. The Hall–Kier alpha value is -3.08. The van der Waals surface area contributed by atoms with Crippen LogP contribution in [0.4, 0.5) is 11.4 Å². The van der Waals surface area contributed by atoms with E-state index in [9.17, 15) is 4.79 Å². The number of nitrogens with zero attached hydrogens (tertiary/aromatic N) is 4. The van der Waals surface area contributed by atoms with E-state index in [1.54, 1.807) is 12.4 Å². The summed E-state index contributed by atoms with van der Waals surface area (Å²) >= 11 is 0. The highest BCUT2D eigenvalue weighted by atomic mass is 16.2. The van der Waals surface area contributed by atoms with E-state index in [4.69, 9.17) is 0 Å². The first-order valence-electron chi connectivity index (χ1n) is 8.58. The molecule has 0 saturated heterocycles. The van der Waals surface area contributed by atoms with Gasteiger partial charge in [-0.15, -0.1) is 0 Å². The number of carbonyl (C=O) groups is 1. The third kappa shape index (κ3) is 2.39. The first-order valence-corrected chi connectivity index (χ1v) is 8.58. The van der Waals surface area contributed by atoms with Crippen LogP contribution in [0.15, 0.2) is 49.1 Å². The molecule has 1 amide bonds. The van der Waals surface area contributed by atoms with Crippen LogP contribution in [-0.2, 0) is 10.2 Å². The van der Waals surface area contributed by atoms with Crippen LogP contribution in [0.5, 0.6) is 0 Å². The summed E-state index contributed by atoms with van der Waals surface area (Å²) in [5.74, 6) is 0.805. The van der Waals surface area contributed by atoms with Crippen molar-refractivity contribution >= 4 is 17.3 Å². The molecule has 0 atom stereocenters. The summed E-state index contributed by atoms with van der Waals surface area (Å²) in [6.07, 6.45) is 7.13. The zero-order valence-corrected chi connectivity index (χ0v) is 15.3. The SMILES string of the molecule is Cc1ncc(-c2ccc3c(c2)N(c2ccncc2C)C(=O)C3(C)C)cn1. The van der Waals surface area contributed by atoms with Crippen LogP contribution >= 0.6 is 0 Å². The van der Waals surface area contributed by atoms with Crippen molar-refractivity contribution in [2.24, 2.45) is 0 Å². The normalized spacial score (nSPS) is 15.2. The van der Waals surface area contributed by atoms with Gasteiger partial charge in [-0.2, -0.15) is 0 Å². The number of pyridine rings is 1. The van der Waals surface area contributed by atoms with Crippen molar-refractivity contribution in [3.8, 4) is 11.1 Å². The van der Waals surface area contributed by atoms with E-state index in [0.717, 1.165) is 39.5 Å². The second-order valence-electron chi connectivity index (χ2n) is 7.18. The Morgan fingerprint density at radius 3 is 2.35 bits per heavy atom. The van der Waals surface area contributed by atoms with E-state index >= 15 is 0 Å². The maximum absolute atomic E-state index is 13.2. The summed E-state index contributed by atoms with van der Waals surface area (Å²) in [6, 6.07) is 8.01. The minimum Gasteiger partial charge on any atom is -0.280 e. The van der Waals surface area contributed by atoms with Crippen LogP contribution in [-0.4, -0.2) is 20.9 Å². The second kappa shape index (κ2) is 5.73. The maximum Gasteiger partial charge on any atom is 0.241 e. The summed E-state index contributed by atoms with van der Waals surface area (Å²) in [7, 11) is 0. The largest absolute Gasteiger partial charge is 0.280 e. The monoisotopic (exact) mass is 344 g/mol. The fourth-order valence-electron chi connectivity index (χ4n) is 3.43. The number of fused-ring (bicyclic) bond motifs is 1. The molecule has 5 nitrogen and oxygen atoms in total. The van der Waals surface area contributed by atoms with Crippen LogP contribution in [0, 0.1) is 13.8 Å². The zero-order chi connectivity index (χ0) is 18.5. The minimum atomic E-state index is -0.576. The average molecular weight is 344 g/mol. The Balaban J connectivity index is 1.91. The van der Waals surface area contributed by atoms with Gasteiger partial charge in [0.25, 0.3) is 0 Å². The molecule has 4 rings (SSSR count). The van der Waals surface area contributed by atoms with Crippen molar-refractivity contribution in [2.75, 3.05) is 4.90 Å². The van der Waals surface area contributed by atoms with Gasteiger partial charge in [-0.1, -0.05) is 12.1 Å². The lowest BCUT2D eigenvalue weighted by atomic mass is 9.85. The fourth-order valence-corrected chi connectivity index (χ4v) is 3.43.